The van der Waals surface area contributed by atoms with Gasteiger partial charge in [0, 0.05) is 34.5 Å². The normalized spacial score (nSPS) is 17.0. The maximum absolute atomic E-state index is 12.3. The fourth-order valence-corrected chi connectivity index (χ4v) is 3.91. The lowest BCUT2D eigenvalue weighted by Crippen LogP contribution is -2.40. The van der Waals surface area contributed by atoms with Crippen LogP contribution in [0.2, 0.25) is 5.02 Å². The topological polar surface area (TPSA) is 32.3 Å². The van der Waals surface area contributed by atoms with E-state index in [1.54, 1.807) is 0 Å². The number of carbonyl (C=O) groups is 1. The summed E-state index contributed by atoms with van der Waals surface area (Å²) in [6.45, 7) is 10.2. The first-order valence-electron chi connectivity index (χ1n) is 8.72. The SMILES string of the molecule is CC(C)(C)SCCNC(=O)C1CCN(Cc2ccccc2Cl)CC1. The highest BCUT2D eigenvalue weighted by molar-refractivity contribution is 8.00. The van der Waals surface area contributed by atoms with Crippen molar-refractivity contribution in [1.29, 1.82) is 0 Å². The van der Waals surface area contributed by atoms with Crippen LogP contribution in [-0.4, -0.2) is 40.9 Å². The van der Waals surface area contributed by atoms with Crippen LogP contribution in [-0.2, 0) is 11.3 Å². The lowest BCUT2D eigenvalue weighted by Gasteiger charge is -2.31. The van der Waals surface area contributed by atoms with Crippen molar-refractivity contribution >= 4 is 29.3 Å². The van der Waals surface area contributed by atoms with E-state index in [1.165, 1.54) is 5.56 Å². The molecule has 0 unspecified atom stereocenters. The highest BCUT2D eigenvalue weighted by Crippen LogP contribution is 2.23. The van der Waals surface area contributed by atoms with Crippen LogP contribution in [0.1, 0.15) is 39.2 Å². The molecule has 1 aromatic carbocycles. The molecule has 0 saturated carbocycles. The van der Waals surface area contributed by atoms with E-state index in [-0.39, 0.29) is 16.6 Å². The van der Waals surface area contributed by atoms with Crippen LogP contribution >= 0.6 is 23.4 Å². The summed E-state index contributed by atoms with van der Waals surface area (Å²) in [5, 5.41) is 3.93. The predicted octanol–water partition coefficient (Wildman–Crippen LogP) is 4.20. The molecule has 3 nitrogen and oxygen atoms in total. The molecule has 0 aliphatic carbocycles. The first kappa shape index (κ1) is 19.6. The molecule has 1 heterocycles. The maximum atomic E-state index is 12.3. The molecule has 1 saturated heterocycles. The second-order valence-electron chi connectivity index (χ2n) is 7.39. The van der Waals surface area contributed by atoms with Crippen molar-refractivity contribution in [2.75, 3.05) is 25.4 Å². The van der Waals surface area contributed by atoms with Gasteiger partial charge in [0.05, 0.1) is 0 Å². The van der Waals surface area contributed by atoms with Crippen LogP contribution in [0.25, 0.3) is 0 Å². The van der Waals surface area contributed by atoms with E-state index in [0.717, 1.165) is 49.8 Å². The van der Waals surface area contributed by atoms with Gasteiger partial charge in [-0.2, -0.15) is 11.8 Å². The van der Waals surface area contributed by atoms with Gasteiger partial charge >= 0.3 is 0 Å². The van der Waals surface area contributed by atoms with E-state index >= 15 is 0 Å². The van der Waals surface area contributed by atoms with E-state index in [2.05, 4.69) is 37.1 Å². The third-order valence-electron chi connectivity index (χ3n) is 4.25. The van der Waals surface area contributed by atoms with Gasteiger partial charge in [0.1, 0.15) is 0 Å². The first-order chi connectivity index (χ1) is 11.3. The molecule has 1 fully saturated rings. The number of hydrogen-bond donors (Lipinski definition) is 1. The zero-order chi connectivity index (χ0) is 17.6. The molecule has 1 N–H and O–H groups in total. The monoisotopic (exact) mass is 368 g/mol. The summed E-state index contributed by atoms with van der Waals surface area (Å²) < 4.78 is 0.259. The Bertz CT molecular complexity index is 536. The van der Waals surface area contributed by atoms with Crippen molar-refractivity contribution in [3.05, 3.63) is 34.9 Å². The van der Waals surface area contributed by atoms with Gasteiger partial charge in [-0.15, -0.1) is 0 Å². The smallest absolute Gasteiger partial charge is 0.223 e. The van der Waals surface area contributed by atoms with E-state index in [9.17, 15) is 4.79 Å². The Hall–Kier alpha value is -0.710. The molecule has 0 aromatic heterocycles. The van der Waals surface area contributed by atoms with Crippen LogP contribution < -0.4 is 5.32 Å². The second-order valence-corrected chi connectivity index (χ2v) is 9.72. The lowest BCUT2D eigenvalue weighted by atomic mass is 9.95. The summed E-state index contributed by atoms with van der Waals surface area (Å²) in [7, 11) is 0. The Morgan fingerprint density at radius 3 is 2.58 bits per heavy atom. The van der Waals surface area contributed by atoms with Crippen molar-refractivity contribution in [2.24, 2.45) is 5.92 Å². The number of rotatable bonds is 6. The van der Waals surface area contributed by atoms with Gasteiger partial charge in [-0.05, 0) is 37.6 Å². The molecule has 0 spiro atoms. The number of nitrogens with one attached hydrogen (secondary N) is 1. The number of halogens is 1. The molecule has 5 heteroatoms. The van der Waals surface area contributed by atoms with Gasteiger partial charge in [0.15, 0.2) is 0 Å². The Labute approximate surface area is 155 Å². The van der Waals surface area contributed by atoms with E-state index in [1.807, 2.05) is 30.0 Å². The third-order valence-corrected chi connectivity index (χ3v) is 5.89. The number of carbonyl (C=O) groups excluding carboxylic acids is 1. The first-order valence-corrected chi connectivity index (χ1v) is 10.1. The van der Waals surface area contributed by atoms with Gasteiger partial charge in [-0.3, -0.25) is 9.69 Å². The second kappa shape index (κ2) is 9.12. The molecule has 1 aliphatic heterocycles. The fraction of sp³-hybridized carbons (Fsp3) is 0.632. The van der Waals surface area contributed by atoms with Crippen molar-refractivity contribution in [3.8, 4) is 0 Å². The van der Waals surface area contributed by atoms with Crippen LogP contribution in [0.15, 0.2) is 24.3 Å². The number of nitrogens with zero attached hydrogens (tertiary/aromatic N) is 1. The molecular formula is C19H29ClN2OS. The number of thioether (sulfide) groups is 1. The van der Waals surface area contributed by atoms with Crippen molar-refractivity contribution in [3.63, 3.8) is 0 Å². The largest absolute Gasteiger partial charge is 0.355 e. The predicted molar refractivity (Wildman–Crippen MR) is 105 cm³/mol. The Morgan fingerprint density at radius 1 is 1.29 bits per heavy atom. The number of likely N-dealkylation sites (tertiary alicyclic amines) is 1. The summed E-state index contributed by atoms with van der Waals surface area (Å²) in [6.07, 6.45) is 1.87. The zero-order valence-corrected chi connectivity index (χ0v) is 16.6. The molecule has 0 atom stereocenters. The molecule has 1 amide bonds. The van der Waals surface area contributed by atoms with Crippen LogP contribution in [0.4, 0.5) is 0 Å². The Balaban J connectivity index is 1.68. The van der Waals surface area contributed by atoms with Crippen LogP contribution in [0.3, 0.4) is 0 Å². The van der Waals surface area contributed by atoms with E-state index < -0.39 is 0 Å². The van der Waals surface area contributed by atoms with Crippen molar-refractivity contribution in [1.82, 2.24) is 10.2 Å². The highest BCUT2D eigenvalue weighted by atomic mass is 35.5. The molecule has 134 valence electrons. The summed E-state index contributed by atoms with van der Waals surface area (Å²) in [5.41, 5.74) is 1.17. The molecule has 2 rings (SSSR count). The lowest BCUT2D eigenvalue weighted by molar-refractivity contribution is -0.126. The Morgan fingerprint density at radius 2 is 1.96 bits per heavy atom. The molecule has 0 bridgehead atoms. The van der Waals surface area contributed by atoms with Gasteiger partial charge in [0.2, 0.25) is 5.91 Å². The third kappa shape index (κ3) is 6.66. The number of hydrogen-bond acceptors (Lipinski definition) is 3. The minimum Gasteiger partial charge on any atom is -0.355 e. The quantitative estimate of drug-likeness (QED) is 0.764. The van der Waals surface area contributed by atoms with E-state index in [4.69, 9.17) is 11.6 Å². The summed E-state index contributed by atoms with van der Waals surface area (Å²) in [5.74, 6) is 1.36. The number of amides is 1. The summed E-state index contributed by atoms with van der Waals surface area (Å²) in [6, 6.07) is 8.00. The summed E-state index contributed by atoms with van der Waals surface area (Å²) >= 11 is 8.12. The average molecular weight is 369 g/mol. The van der Waals surface area contributed by atoms with Crippen molar-refractivity contribution in [2.45, 2.75) is 44.9 Å². The van der Waals surface area contributed by atoms with Gasteiger partial charge in [-0.25, -0.2) is 0 Å². The Kier molecular flexibility index (Phi) is 7.45. The molecular weight excluding hydrogens is 340 g/mol. The maximum Gasteiger partial charge on any atom is 0.223 e. The number of benzene rings is 1. The molecule has 1 aliphatic rings. The minimum atomic E-state index is 0.159. The fourth-order valence-electron chi connectivity index (χ4n) is 2.90. The number of piperidine rings is 1. The van der Waals surface area contributed by atoms with Crippen LogP contribution in [0.5, 0.6) is 0 Å². The molecule has 1 aromatic rings. The van der Waals surface area contributed by atoms with Gasteiger partial charge < -0.3 is 5.32 Å². The van der Waals surface area contributed by atoms with Crippen LogP contribution in [0, 0.1) is 5.92 Å². The van der Waals surface area contributed by atoms with Gasteiger partial charge in [0.25, 0.3) is 0 Å². The minimum absolute atomic E-state index is 0.159. The van der Waals surface area contributed by atoms with Crippen molar-refractivity contribution < 1.29 is 4.79 Å². The molecule has 0 radical (unpaired) electrons. The average Bonchev–Trinajstić information content (AvgIpc) is 2.53. The zero-order valence-electron chi connectivity index (χ0n) is 15.0. The standard InChI is InChI=1S/C19H29ClN2OS/c1-19(2,3)24-13-10-21-18(23)15-8-11-22(12-9-15)14-16-6-4-5-7-17(16)20/h4-7,15H,8-14H2,1-3H3,(H,21,23). The van der Waals surface area contributed by atoms with E-state index in [0.29, 0.717) is 0 Å². The molecule has 24 heavy (non-hydrogen) atoms. The van der Waals surface area contributed by atoms with Gasteiger partial charge in [-0.1, -0.05) is 50.6 Å². The highest BCUT2D eigenvalue weighted by Gasteiger charge is 2.25. The summed E-state index contributed by atoms with van der Waals surface area (Å²) in [4.78, 5) is 14.7.